The fourth-order valence-electron chi connectivity index (χ4n) is 4.01. The quantitative estimate of drug-likeness (QED) is 0.289. The molecule has 0 radical (unpaired) electrons. The van der Waals surface area contributed by atoms with Gasteiger partial charge in [0.05, 0.1) is 39.7 Å². The van der Waals surface area contributed by atoms with Crippen molar-refractivity contribution in [2.24, 2.45) is 0 Å². The van der Waals surface area contributed by atoms with Gasteiger partial charge in [-0.2, -0.15) is 5.26 Å². The van der Waals surface area contributed by atoms with E-state index in [1.165, 1.54) is 0 Å². The molecule has 164 valence electrons. The van der Waals surface area contributed by atoms with Gasteiger partial charge in [0.1, 0.15) is 6.33 Å². The monoisotopic (exact) mass is 491 g/mol. The van der Waals surface area contributed by atoms with Gasteiger partial charge in [0.15, 0.2) is 5.65 Å². The number of nitriles is 1. The summed E-state index contributed by atoms with van der Waals surface area (Å²) in [5.74, 6) is 0. The SMILES string of the molecule is CPN(PC)c1cncc(-c2cn(-c3ccc4nncn4c3)c3cc(C)c(C#N)cc23)c1Cl. The second-order valence-electron chi connectivity index (χ2n) is 7.50. The average Bonchev–Trinajstić information content (AvgIpc) is 3.44. The van der Waals surface area contributed by atoms with Crippen molar-refractivity contribution in [2.45, 2.75) is 6.92 Å². The van der Waals surface area contributed by atoms with E-state index in [-0.39, 0.29) is 0 Å². The van der Waals surface area contributed by atoms with Gasteiger partial charge in [-0.3, -0.25) is 9.38 Å². The standard InChI is InChI=1S/C23H20ClN7P2/c1-14-6-20-17(7-15(14)8-25)19(18-9-26-10-21(23(18)24)31(32-2)33-3)12-30(20)16-4-5-22-28-27-13-29(22)11-16/h4-7,9-13,32-33H,1-3H3. The summed E-state index contributed by atoms with van der Waals surface area (Å²) in [6.07, 6.45) is 9.36. The summed E-state index contributed by atoms with van der Waals surface area (Å²) in [6.45, 7) is 6.22. The third-order valence-corrected chi connectivity index (χ3v) is 8.78. The summed E-state index contributed by atoms with van der Waals surface area (Å²) < 4.78 is 6.24. The molecule has 0 saturated heterocycles. The van der Waals surface area contributed by atoms with E-state index in [0.29, 0.717) is 28.0 Å². The highest BCUT2D eigenvalue weighted by atomic mass is 35.5. The summed E-state index contributed by atoms with van der Waals surface area (Å²) >= 11 is 6.95. The van der Waals surface area contributed by atoms with Crippen LogP contribution in [0.25, 0.3) is 33.4 Å². The minimum atomic E-state index is 0.589. The number of aromatic nitrogens is 5. The molecule has 2 atom stereocenters. The van der Waals surface area contributed by atoms with Gasteiger partial charge < -0.3 is 9.01 Å². The lowest BCUT2D eigenvalue weighted by atomic mass is 10.0. The minimum Gasteiger partial charge on any atom is -0.333 e. The summed E-state index contributed by atoms with van der Waals surface area (Å²) in [6, 6.07) is 10.2. The number of benzene rings is 1. The number of rotatable bonds is 5. The molecule has 10 heteroatoms. The molecule has 2 unspecified atom stereocenters. The lowest BCUT2D eigenvalue weighted by Crippen LogP contribution is -2.00. The molecular formula is C23H20ClN7P2. The Hall–Kier alpha value is -3.03. The van der Waals surface area contributed by atoms with Gasteiger partial charge in [-0.15, -0.1) is 10.2 Å². The van der Waals surface area contributed by atoms with E-state index in [1.54, 1.807) is 12.5 Å². The minimum absolute atomic E-state index is 0.589. The first-order valence-electron chi connectivity index (χ1n) is 10.2. The van der Waals surface area contributed by atoms with Crippen molar-refractivity contribution >= 4 is 51.3 Å². The van der Waals surface area contributed by atoms with Crippen LogP contribution in [-0.4, -0.2) is 37.5 Å². The van der Waals surface area contributed by atoms with Gasteiger partial charge in [-0.1, -0.05) is 11.6 Å². The van der Waals surface area contributed by atoms with E-state index >= 15 is 0 Å². The molecule has 0 spiro atoms. The summed E-state index contributed by atoms with van der Waals surface area (Å²) in [7, 11) is 1.18. The predicted molar refractivity (Wildman–Crippen MR) is 138 cm³/mol. The van der Waals surface area contributed by atoms with Gasteiger partial charge in [-0.25, -0.2) is 0 Å². The normalized spacial score (nSPS) is 12.0. The van der Waals surface area contributed by atoms with Crippen LogP contribution in [-0.2, 0) is 0 Å². The second kappa shape index (κ2) is 8.72. The first-order valence-corrected chi connectivity index (χ1v) is 13.5. The van der Waals surface area contributed by atoms with Crippen molar-refractivity contribution < 1.29 is 0 Å². The molecule has 4 heterocycles. The van der Waals surface area contributed by atoms with Crippen LogP contribution in [0.1, 0.15) is 11.1 Å². The smallest absolute Gasteiger partial charge is 0.160 e. The number of pyridine rings is 2. The van der Waals surface area contributed by atoms with E-state index < -0.39 is 0 Å². The Bertz CT molecular complexity index is 1550. The fraction of sp³-hybridized carbons (Fsp3) is 0.130. The summed E-state index contributed by atoms with van der Waals surface area (Å²) in [5, 5.41) is 19.4. The van der Waals surface area contributed by atoms with Gasteiger partial charge in [0.25, 0.3) is 0 Å². The maximum absolute atomic E-state index is 9.68. The number of hydrogen-bond donors (Lipinski definition) is 0. The summed E-state index contributed by atoms with van der Waals surface area (Å²) in [4.78, 5) is 4.51. The molecule has 33 heavy (non-hydrogen) atoms. The molecule has 0 saturated carbocycles. The van der Waals surface area contributed by atoms with Crippen molar-refractivity contribution in [3.8, 4) is 22.9 Å². The molecule has 0 aliphatic carbocycles. The largest absolute Gasteiger partial charge is 0.333 e. The molecule has 7 nitrogen and oxygen atoms in total. The average molecular weight is 492 g/mol. The number of hydrogen-bond acceptors (Lipinski definition) is 5. The first kappa shape index (κ1) is 21.8. The zero-order chi connectivity index (χ0) is 23.1. The lowest BCUT2D eigenvalue weighted by Gasteiger charge is -2.22. The van der Waals surface area contributed by atoms with E-state index in [0.717, 1.165) is 44.6 Å². The van der Waals surface area contributed by atoms with Gasteiger partial charge in [0, 0.05) is 35.1 Å². The molecule has 5 rings (SSSR count). The van der Waals surface area contributed by atoms with Crippen molar-refractivity contribution in [1.82, 2.24) is 24.1 Å². The highest BCUT2D eigenvalue weighted by Gasteiger charge is 2.19. The van der Waals surface area contributed by atoms with E-state index in [4.69, 9.17) is 11.6 Å². The van der Waals surface area contributed by atoms with Crippen LogP contribution in [0.5, 0.6) is 0 Å². The van der Waals surface area contributed by atoms with Gasteiger partial charge in [0.2, 0.25) is 0 Å². The molecule has 5 aromatic rings. The third-order valence-electron chi connectivity index (χ3n) is 5.66. The number of anilines is 1. The van der Waals surface area contributed by atoms with E-state index in [9.17, 15) is 5.26 Å². The Morgan fingerprint density at radius 1 is 1.09 bits per heavy atom. The van der Waals surface area contributed by atoms with Crippen LogP contribution in [0, 0.1) is 18.3 Å². The Labute approximate surface area is 199 Å². The molecule has 1 aromatic carbocycles. The Balaban J connectivity index is 1.80. The van der Waals surface area contributed by atoms with Crippen LogP contribution in [0.2, 0.25) is 5.02 Å². The van der Waals surface area contributed by atoms with E-state index in [2.05, 4.69) is 49.8 Å². The van der Waals surface area contributed by atoms with Crippen LogP contribution >= 0.6 is 29.1 Å². The van der Waals surface area contributed by atoms with E-state index in [1.807, 2.05) is 48.0 Å². The van der Waals surface area contributed by atoms with Crippen LogP contribution in [0.3, 0.4) is 0 Å². The Morgan fingerprint density at radius 3 is 2.67 bits per heavy atom. The zero-order valence-corrected chi connectivity index (χ0v) is 21.0. The summed E-state index contributed by atoms with van der Waals surface area (Å²) in [5.41, 5.74) is 6.99. The highest BCUT2D eigenvalue weighted by molar-refractivity contribution is 7.58. The van der Waals surface area contributed by atoms with Crippen LogP contribution in [0.4, 0.5) is 5.69 Å². The second-order valence-corrected chi connectivity index (χ2v) is 10.1. The van der Waals surface area contributed by atoms with Crippen LogP contribution < -0.4 is 4.44 Å². The van der Waals surface area contributed by atoms with Gasteiger partial charge in [-0.05, 0) is 67.5 Å². The Kier molecular flexibility index (Phi) is 5.76. The van der Waals surface area contributed by atoms with Crippen molar-refractivity contribution in [3.05, 3.63) is 71.5 Å². The topological polar surface area (TPSA) is 75.0 Å². The molecule has 0 aliphatic rings. The number of halogens is 1. The van der Waals surface area contributed by atoms with Crippen molar-refractivity contribution in [1.29, 1.82) is 5.26 Å². The Morgan fingerprint density at radius 2 is 1.91 bits per heavy atom. The fourth-order valence-corrected chi connectivity index (χ4v) is 6.15. The van der Waals surface area contributed by atoms with Crippen LogP contribution in [0.15, 0.2) is 55.4 Å². The zero-order valence-electron chi connectivity index (χ0n) is 18.2. The molecule has 0 fully saturated rings. The first-order chi connectivity index (χ1) is 16.0. The van der Waals surface area contributed by atoms with Gasteiger partial charge >= 0.3 is 0 Å². The maximum Gasteiger partial charge on any atom is 0.160 e. The number of aryl methyl sites for hydroxylation is 1. The molecule has 4 aromatic heterocycles. The van der Waals surface area contributed by atoms with Crippen molar-refractivity contribution in [3.63, 3.8) is 0 Å². The lowest BCUT2D eigenvalue weighted by molar-refractivity contribution is 1.06. The molecule has 0 bridgehead atoms. The third kappa shape index (κ3) is 3.65. The maximum atomic E-state index is 9.68. The molecule has 0 aliphatic heterocycles. The number of fused-ring (bicyclic) bond motifs is 2. The highest BCUT2D eigenvalue weighted by Crippen LogP contribution is 2.45. The molecule has 0 N–H and O–H groups in total. The number of nitrogens with zero attached hydrogens (tertiary/aromatic N) is 7. The predicted octanol–water partition coefficient (Wildman–Crippen LogP) is 5.82. The molecular weight excluding hydrogens is 472 g/mol. The molecule has 0 amide bonds. The van der Waals surface area contributed by atoms with Crippen molar-refractivity contribution in [2.75, 3.05) is 17.8 Å².